The van der Waals surface area contributed by atoms with Crippen molar-refractivity contribution >= 4 is 5.69 Å². The third-order valence-electron chi connectivity index (χ3n) is 3.87. The van der Waals surface area contributed by atoms with Crippen molar-refractivity contribution in [2.45, 2.75) is 39.2 Å². The van der Waals surface area contributed by atoms with Gasteiger partial charge in [0.1, 0.15) is 5.75 Å². The first-order valence-electron chi connectivity index (χ1n) is 7.41. The van der Waals surface area contributed by atoms with E-state index >= 15 is 0 Å². The Labute approximate surface area is 128 Å². The van der Waals surface area contributed by atoms with Crippen LogP contribution in [0, 0.1) is 10.1 Å². The third-order valence-corrected chi connectivity index (χ3v) is 3.87. The Hall–Kier alpha value is -1.70. The van der Waals surface area contributed by atoms with Crippen LogP contribution >= 0.6 is 0 Å². The largest absolute Gasteiger partial charge is 0.467 e. The second kappa shape index (κ2) is 6.20. The molecule has 3 rings (SSSR count). The number of ether oxygens (including phenoxy) is 3. The maximum atomic E-state index is 11.1. The minimum absolute atomic E-state index is 0.0807. The normalized spacial score (nSPS) is 25.4. The summed E-state index contributed by atoms with van der Waals surface area (Å²) in [5.74, 6) is 0.726. The second-order valence-electron chi connectivity index (χ2n) is 5.91. The van der Waals surface area contributed by atoms with Gasteiger partial charge in [0.05, 0.1) is 23.7 Å². The topological polar surface area (TPSA) is 74.1 Å². The van der Waals surface area contributed by atoms with Gasteiger partial charge in [0.25, 0.3) is 5.69 Å². The summed E-state index contributed by atoms with van der Waals surface area (Å²) in [4.78, 5) is 13.0. The van der Waals surface area contributed by atoms with Crippen molar-refractivity contribution in [2.24, 2.45) is 0 Å². The molecule has 1 aromatic carbocycles. The Bertz CT molecular complexity index is 567. The Morgan fingerprint density at radius 1 is 1.32 bits per heavy atom. The molecule has 0 aromatic heterocycles. The molecule has 7 nitrogen and oxygen atoms in total. The molecular formula is C15H20N2O5. The van der Waals surface area contributed by atoms with Crippen molar-refractivity contribution in [1.82, 2.24) is 4.90 Å². The number of hydrogen-bond donors (Lipinski definition) is 0. The van der Waals surface area contributed by atoms with Crippen LogP contribution in [-0.2, 0) is 22.6 Å². The number of rotatable bonds is 3. The van der Waals surface area contributed by atoms with Gasteiger partial charge in [-0.25, -0.2) is 0 Å². The average Bonchev–Trinajstić information content (AvgIpc) is 2.46. The highest BCUT2D eigenvalue weighted by Crippen LogP contribution is 2.33. The molecule has 1 aromatic rings. The predicted octanol–water partition coefficient (Wildman–Crippen LogP) is 2.07. The van der Waals surface area contributed by atoms with E-state index in [-0.39, 0.29) is 29.6 Å². The fourth-order valence-electron chi connectivity index (χ4n) is 3.16. The molecule has 0 amide bonds. The molecule has 0 bridgehead atoms. The van der Waals surface area contributed by atoms with Gasteiger partial charge in [-0.3, -0.25) is 15.0 Å². The van der Waals surface area contributed by atoms with Gasteiger partial charge in [0.2, 0.25) is 0 Å². The number of non-ortho nitro benzene ring substituents is 1. The molecule has 2 aliphatic rings. The summed E-state index contributed by atoms with van der Waals surface area (Å²) in [6.07, 6.45) is 0.310. The van der Waals surface area contributed by atoms with Gasteiger partial charge < -0.3 is 14.2 Å². The summed E-state index contributed by atoms with van der Waals surface area (Å²) < 4.78 is 16.5. The van der Waals surface area contributed by atoms with Gasteiger partial charge in [-0.2, -0.15) is 0 Å². The number of nitro groups is 1. The van der Waals surface area contributed by atoms with Gasteiger partial charge in [0.15, 0.2) is 6.79 Å². The first kappa shape index (κ1) is 15.2. The number of morpholine rings is 1. The zero-order valence-corrected chi connectivity index (χ0v) is 12.8. The Morgan fingerprint density at radius 3 is 2.73 bits per heavy atom. The molecule has 0 radical (unpaired) electrons. The van der Waals surface area contributed by atoms with Crippen molar-refractivity contribution in [1.29, 1.82) is 0 Å². The van der Waals surface area contributed by atoms with Crippen LogP contribution in [0.5, 0.6) is 5.75 Å². The van der Waals surface area contributed by atoms with Crippen LogP contribution in [0.2, 0.25) is 0 Å². The molecule has 2 heterocycles. The van der Waals surface area contributed by atoms with E-state index in [1.807, 2.05) is 13.8 Å². The van der Waals surface area contributed by atoms with E-state index < -0.39 is 0 Å². The fourth-order valence-corrected chi connectivity index (χ4v) is 3.16. The third kappa shape index (κ3) is 3.21. The molecule has 0 unspecified atom stereocenters. The van der Waals surface area contributed by atoms with Crippen molar-refractivity contribution in [3.63, 3.8) is 0 Å². The van der Waals surface area contributed by atoms with E-state index in [1.54, 1.807) is 6.07 Å². The van der Waals surface area contributed by atoms with Crippen LogP contribution in [0.25, 0.3) is 0 Å². The SMILES string of the molecule is C[C@@H]1CN(Cc2cc([N+](=O)[O-])cc3c2OCOC3)C[C@@H](C)O1. The van der Waals surface area contributed by atoms with E-state index in [1.165, 1.54) is 6.07 Å². The monoisotopic (exact) mass is 308 g/mol. The van der Waals surface area contributed by atoms with E-state index in [9.17, 15) is 10.1 Å². The summed E-state index contributed by atoms with van der Waals surface area (Å²) in [5, 5.41) is 11.1. The molecule has 120 valence electrons. The maximum Gasteiger partial charge on any atom is 0.270 e. The highest BCUT2D eigenvalue weighted by Gasteiger charge is 2.26. The Morgan fingerprint density at radius 2 is 2.05 bits per heavy atom. The summed E-state index contributed by atoms with van der Waals surface area (Å²) in [6.45, 7) is 6.83. The average molecular weight is 308 g/mol. The molecule has 0 aliphatic carbocycles. The molecule has 7 heteroatoms. The number of benzene rings is 1. The lowest BCUT2D eigenvalue weighted by atomic mass is 10.1. The van der Waals surface area contributed by atoms with Gasteiger partial charge in [0, 0.05) is 42.9 Å². The van der Waals surface area contributed by atoms with E-state index in [4.69, 9.17) is 14.2 Å². The molecule has 0 N–H and O–H groups in total. The van der Waals surface area contributed by atoms with Crippen molar-refractivity contribution in [3.05, 3.63) is 33.4 Å². The number of nitro benzene ring substituents is 1. The number of hydrogen-bond acceptors (Lipinski definition) is 6. The summed E-state index contributed by atoms with van der Waals surface area (Å²) >= 11 is 0. The van der Waals surface area contributed by atoms with E-state index in [0.29, 0.717) is 13.2 Å². The van der Waals surface area contributed by atoms with E-state index in [2.05, 4.69) is 4.90 Å². The standard InChI is InChI=1S/C15H20N2O5/c1-10-5-16(6-11(2)22-10)7-12-3-14(17(18)19)4-13-8-20-9-21-15(12)13/h3-4,10-11H,5-9H2,1-2H3/t10-,11-/m1/s1. The van der Waals surface area contributed by atoms with Gasteiger partial charge in [-0.05, 0) is 13.8 Å². The lowest BCUT2D eigenvalue weighted by molar-refractivity contribution is -0.385. The molecule has 22 heavy (non-hydrogen) atoms. The molecular weight excluding hydrogens is 288 g/mol. The van der Waals surface area contributed by atoms with E-state index in [0.717, 1.165) is 30.0 Å². The number of fused-ring (bicyclic) bond motifs is 1. The second-order valence-corrected chi connectivity index (χ2v) is 5.91. The minimum atomic E-state index is -0.372. The summed E-state index contributed by atoms with van der Waals surface area (Å²) in [5.41, 5.74) is 1.66. The van der Waals surface area contributed by atoms with Crippen LogP contribution in [0.15, 0.2) is 12.1 Å². The molecule has 2 aliphatic heterocycles. The quantitative estimate of drug-likeness (QED) is 0.628. The van der Waals surface area contributed by atoms with Crippen LogP contribution < -0.4 is 4.74 Å². The lowest BCUT2D eigenvalue weighted by Crippen LogP contribution is -2.44. The predicted molar refractivity (Wildman–Crippen MR) is 78.7 cm³/mol. The number of nitrogens with zero attached hydrogens (tertiary/aromatic N) is 2. The molecule has 0 saturated carbocycles. The Balaban J connectivity index is 1.88. The molecule has 1 fully saturated rings. The zero-order chi connectivity index (χ0) is 15.7. The highest BCUT2D eigenvalue weighted by atomic mass is 16.7. The zero-order valence-electron chi connectivity index (χ0n) is 12.8. The molecule has 0 spiro atoms. The smallest absolute Gasteiger partial charge is 0.270 e. The van der Waals surface area contributed by atoms with Crippen LogP contribution in [0.4, 0.5) is 5.69 Å². The molecule has 1 saturated heterocycles. The lowest BCUT2D eigenvalue weighted by Gasteiger charge is -2.35. The van der Waals surface area contributed by atoms with Crippen LogP contribution in [-0.4, -0.2) is 41.9 Å². The fraction of sp³-hybridized carbons (Fsp3) is 0.600. The summed E-state index contributed by atoms with van der Waals surface area (Å²) in [7, 11) is 0. The first-order valence-corrected chi connectivity index (χ1v) is 7.41. The van der Waals surface area contributed by atoms with Crippen LogP contribution in [0.1, 0.15) is 25.0 Å². The van der Waals surface area contributed by atoms with Crippen molar-refractivity contribution in [3.8, 4) is 5.75 Å². The van der Waals surface area contributed by atoms with Gasteiger partial charge in [-0.15, -0.1) is 0 Å². The van der Waals surface area contributed by atoms with Gasteiger partial charge >= 0.3 is 0 Å². The van der Waals surface area contributed by atoms with Gasteiger partial charge in [-0.1, -0.05) is 0 Å². The summed E-state index contributed by atoms with van der Waals surface area (Å²) in [6, 6.07) is 3.14. The maximum absolute atomic E-state index is 11.1. The van der Waals surface area contributed by atoms with Crippen molar-refractivity contribution < 1.29 is 19.1 Å². The Kier molecular flexibility index (Phi) is 4.28. The first-order chi connectivity index (χ1) is 10.5. The molecule has 2 atom stereocenters. The highest BCUT2D eigenvalue weighted by molar-refractivity contribution is 5.50. The minimum Gasteiger partial charge on any atom is -0.467 e. The van der Waals surface area contributed by atoms with Crippen molar-refractivity contribution in [2.75, 3.05) is 19.9 Å². The van der Waals surface area contributed by atoms with Crippen LogP contribution in [0.3, 0.4) is 0 Å².